The number of carbonyl (C=O) groups is 3. The Kier molecular flexibility index (Phi) is 6.80. The van der Waals surface area contributed by atoms with Crippen molar-refractivity contribution < 1.29 is 28.8 Å². The van der Waals surface area contributed by atoms with Crippen molar-refractivity contribution in [3.05, 3.63) is 56.4 Å². The van der Waals surface area contributed by atoms with Gasteiger partial charge in [0.1, 0.15) is 0 Å². The van der Waals surface area contributed by atoms with E-state index < -0.39 is 28.7 Å². The Labute approximate surface area is 170 Å². The van der Waals surface area contributed by atoms with E-state index in [9.17, 15) is 24.5 Å². The van der Waals surface area contributed by atoms with Crippen LogP contribution in [-0.2, 0) is 9.47 Å². The van der Waals surface area contributed by atoms with Crippen LogP contribution in [0.1, 0.15) is 49.4 Å². The van der Waals surface area contributed by atoms with E-state index in [1.807, 2.05) is 0 Å². The van der Waals surface area contributed by atoms with Gasteiger partial charge >= 0.3 is 11.9 Å². The normalized spacial score (nSPS) is 11.6. The summed E-state index contributed by atoms with van der Waals surface area (Å²) in [7, 11) is 1.24. The molecule has 1 atom stereocenters. The number of nitrogens with one attached hydrogen (secondary N) is 1. The van der Waals surface area contributed by atoms with Gasteiger partial charge in [-0.1, -0.05) is 0 Å². The van der Waals surface area contributed by atoms with Gasteiger partial charge in [0, 0.05) is 11.8 Å². The molecule has 0 aliphatic heterocycles. The fourth-order valence-corrected chi connectivity index (χ4v) is 3.40. The van der Waals surface area contributed by atoms with Crippen molar-refractivity contribution in [2.75, 3.05) is 13.4 Å². The minimum Gasteiger partial charge on any atom is -0.465 e. The predicted octanol–water partition coefficient (Wildman–Crippen LogP) is 3.48. The van der Waals surface area contributed by atoms with Crippen LogP contribution >= 0.6 is 11.8 Å². The number of rotatable bonds is 7. The van der Waals surface area contributed by atoms with Crippen LogP contribution in [0.4, 0.5) is 5.69 Å². The number of ether oxygens (including phenoxy) is 2. The number of nitro benzene ring substituents is 1. The SMILES string of the molecule is COC(=O)c1c(C)[nH]c(C(=O)C(C)OC(=O)c2ccc(SC)c([N+](=O)[O-])c2)c1C. The van der Waals surface area contributed by atoms with E-state index in [0.29, 0.717) is 16.2 Å². The Morgan fingerprint density at radius 1 is 1.21 bits per heavy atom. The van der Waals surface area contributed by atoms with Crippen LogP contribution < -0.4 is 0 Å². The van der Waals surface area contributed by atoms with Crippen LogP contribution in [0.25, 0.3) is 0 Å². The number of hydrogen-bond donors (Lipinski definition) is 1. The summed E-state index contributed by atoms with van der Waals surface area (Å²) in [6.45, 7) is 4.60. The molecule has 0 saturated heterocycles. The number of aromatic amines is 1. The van der Waals surface area contributed by atoms with Crippen LogP contribution in [0.15, 0.2) is 23.1 Å². The number of nitro groups is 1. The minimum absolute atomic E-state index is 0.0382. The molecule has 0 spiro atoms. The third-order valence-electron chi connectivity index (χ3n) is 4.34. The topological polar surface area (TPSA) is 129 Å². The summed E-state index contributed by atoms with van der Waals surface area (Å²) >= 11 is 1.18. The van der Waals surface area contributed by atoms with Crippen LogP contribution in [0, 0.1) is 24.0 Å². The standard InChI is InChI=1S/C19H20N2O7S/c1-9-15(19(24)27-4)10(2)20-16(9)17(22)11(3)28-18(23)12-6-7-14(29-5)13(8-12)21(25)26/h6-8,11,20H,1-5H3. The molecule has 0 bridgehead atoms. The van der Waals surface area contributed by atoms with Gasteiger partial charge in [-0.3, -0.25) is 14.9 Å². The second-order valence-corrected chi connectivity index (χ2v) is 7.02. The molecule has 0 fully saturated rings. The molecule has 29 heavy (non-hydrogen) atoms. The molecular weight excluding hydrogens is 400 g/mol. The highest BCUT2D eigenvalue weighted by Gasteiger charge is 2.28. The van der Waals surface area contributed by atoms with Crippen LogP contribution in [0.2, 0.25) is 0 Å². The number of methoxy groups -OCH3 is 1. The second-order valence-electron chi connectivity index (χ2n) is 6.17. The summed E-state index contributed by atoms with van der Waals surface area (Å²) in [5.74, 6) is -1.98. The molecule has 0 aliphatic carbocycles. The summed E-state index contributed by atoms with van der Waals surface area (Å²) in [4.78, 5) is 50.8. The Morgan fingerprint density at radius 3 is 2.41 bits per heavy atom. The third kappa shape index (κ3) is 4.48. The Morgan fingerprint density at radius 2 is 1.86 bits per heavy atom. The number of aromatic nitrogens is 1. The van der Waals surface area contributed by atoms with Crippen molar-refractivity contribution in [3.63, 3.8) is 0 Å². The van der Waals surface area contributed by atoms with Gasteiger partial charge in [-0.15, -0.1) is 11.8 Å². The summed E-state index contributed by atoms with van der Waals surface area (Å²) in [6, 6.07) is 3.97. The van der Waals surface area contributed by atoms with E-state index in [2.05, 4.69) is 4.98 Å². The summed E-state index contributed by atoms with van der Waals surface area (Å²) < 4.78 is 9.91. The maximum Gasteiger partial charge on any atom is 0.339 e. The first-order valence-corrected chi connectivity index (χ1v) is 9.69. The van der Waals surface area contributed by atoms with E-state index in [4.69, 9.17) is 9.47 Å². The number of thioether (sulfide) groups is 1. The van der Waals surface area contributed by atoms with Gasteiger partial charge in [-0.2, -0.15) is 0 Å². The van der Waals surface area contributed by atoms with Crippen molar-refractivity contribution in [2.24, 2.45) is 0 Å². The van der Waals surface area contributed by atoms with Gasteiger partial charge in [-0.05, 0) is 44.7 Å². The molecule has 1 N–H and O–H groups in total. The smallest absolute Gasteiger partial charge is 0.339 e. The van der Waals surface area contributed by atoms with E-state index in [1.54, 1.807) is 20.1 Å². The average Bonchev–Trinajstić information content (AvgIpc) is 2.99. The van der Waals surface area contributed by atoms with Crippen LogP contribution in [0.5, 0.6) is 0 Å². The molecule has 0 amide bonds. The largest absolute Gasteiger partial charge is 0.465 e. The van der Waals surface area contributed by atoms with E-state index in [-0.39, 0.29) is 22.5 Å². The summed E-state index contributed by atoms with van der Waals surface area (Å²) in [6.07, 6.45) is 0.508. The molecule has 2 rings (SSSR count). The lowest BCUT2D eigenvalue weighted by atomic mass is 10.1. The lowest BCUT2D eigenvalue weighted by Crippen LogP contribution is -2.25. The molecule has 1 heterocycles. The van der Waals surface area contributed by atoms with Gasteiger partial charge in [-0.25, -0.2) is 9.59 Å². The number of hydrogen-bond acceptors (Lipinski definition) is 8. The number of H-pyrrole nitrogens is 1. The number of ketones is 1. The zero-order valence-corrected chi connectivity index (χ0v) is 17.3. The van der Waals surface area contributed by atoms with E-state index in [1.165, 1.54) is 37.9 Å². The molecule has 1 unspecified atom stereocenters. The van der Waals surface area contributed by atoms with Crippen molar-refractivity contribution in [1.29, 1.82) is 0 Å². The maximum absolute atomic E-state index is 12.7. The number of aryl methyl sites for hydroxylation is 1. The second kappa shape index (κ2) is 8.91. The highest BCUT2D eigenvalue weighted by molar-refractivity contribution is 7.98. The highest BCUT2D eigenvalue weighted by Crippen LogP contribution is 2.29. The first-order valence-electron chi connectivity index (χ1n) is 8.47. The molecule has 154 valence electrons. The van der Waals surface area contributed by atoms with Gasteiger partial charge in [0.25, 0.3) is 5.69 Å². The predicted molar refractivity (Wildman–Crippen MR) is 106 cm³/mol. The average molecular weight is 420 g/mol. The third-order valence-corrected chi connectivity index (χ3v) is 5.12. The minimum atomic E-state index is -1.18. The van der Waals surface area contributed by atoms with Gasteiger partial charge in [0.2, 0.25) is 5.78 Å². The zero-order valence-electron chi connectivity index (χ0n) is 16.5. The van der Waals surface area contributed by atoms with Crippen LogP contribution in [-0.4, -0.2) is 47.1 Å². The van der Waals surface area contributed by atoms with Gasteiger partial charge in [0.15, 0.2) is 6.10 Å². The highest BCUT2D eigenvalue weighted by atomic mass is 32.2. The first-order chi connectivity index (χ1) is 13.6. The van der Waals surface area contributed by atoms with E-state index >= 15 is 0 Å². The fourth-order valence-electron chi connectivity index (χ4n) is 2.85. The Bertz CT molecular complexity index is 997. The lowest BCUT2D eigenvalue weighted by Gasteiger charge is -2.12. The number of nitrogens with zero attached hydrogens (tertiary/aromatic N) is 1. The van der Waals surface area contributed by atoms with Crippen molar-refractivity contribution in [2.45, 2.75) is 31.8 Å². The Balaban J connectivity index is 2.24. The molecule has 0 radical (unpaired) electrons. The number of benzene rings is 1. The molecule has 1 aromatic carbocycles. The van der Waals surface area contributed by atoms with Crippen molar-refractivity contribution in [1.82, 2.24) is 4.98 Å². The first kappa shape index (κ1) is 22.2. The Hall–Kier alpha value is -3.14. The molecule has 9 nitrogen and oxygen atoms in total. The lowest BCUT2D eigenvalue weighted by molar-refractivity contribution is -0.387. The molecule has 0 saturated carbocycles. The summed E-state index contributed by atoms with van der Waals surface area (Å²) in [5.41, 5.74) is 0.972. The fraction of sp³-hybridized carbons (Fsp3) is 0.316. The van der Waals surface area contributed by atoms with Crippen LogP contribution in [0.3, 0.4) is 0 Å². The molecule has 0 aliphatic rings. The number of esters is 2. The van der Waals surface area contributed by atoms with Gasteiger partial charge < -0.3 is 14.5 Å². The van der Waals surface area contributed by atoms with Crippen molar-refractivity contribution in [3.8, 4) is 0 Å². The van der Waals surface area contributed by atoms with Crippen molar-refractivity contribution >= 4 is 35.2 Å². The van der Waals surface area contributed by atoms with Gasteiger partial charge in [0.05, 0.1) is 33.7 Å². The zero-order chi connectivity index (χ0) is 21.9. The molecule has 1 aromatic heterocycles. The monoisotopic (exact) mass is 420 g/mol. The maximum atomic E-state index is 12.7. The number of Topliss-reactive ketones (excluding diaryl/α,β-unsaturated/α-hetero) is 1. The number of carbonyl (C=O) groups excluding carboxylic acids is 3. The molecule has 10 heteroatoms. The quantitative estimate of drug-likeness (QED) is 0.237. The molecular formula is C19H20N2O7S. The summed E-state index contributed by atoms with van der Waals surface area (Å²) in [5, 5.41) is 11.2. The van der Waals surface area contributed by atoms with E-state index in [0.717, 1.165) is 6.07 Å². The molecule has 2 aromatic rings.